The smallest absolute Gasteiger partial charge is 0.340 e. The van der Waals surface area contributed by atoms with Gasteiger partial charge in [0, 0.05) is 10.6 Å². The highest BCUT2D eigenvalue weighted by molar-refractivity contribution is 8.00. The molecule has 0 unspecified atom stereocenters. The Hall–Kier alpha value is -2.82. The Morgan fingerprint density at radius 1 is 1.25 bits per heavy atom. The van der Waals surface area contributed by atoms with Crippen LogP contribution in [0.25, 0.3) is 0 Å². The van der Waals surface area contributed by atoms with Gasteiger partial charge in [0.05, 0.1) is 21.9 Å². The molecule has 0 aliphatic heterocycles. The minimum Gasteiger partial charge on any atom is -0.449 e. The minimum atomic E-state index is -1.06. The summed E-state index contributed by atoms with van der Waals surface area (Å²) in [6, 6.07) is 13.1. The average molecular weight is 417 g/mol. The van der Waals surface area contributed by atoms with Gasteiger partial charge < -0.3 is 10.1 Å². The zero-order chi connectivity index (χ0) is 20.7. The van der Waals surface area contributed by atoms with Crippen molar-refractivity contribution in [1.29, 1.82) is 5.26 Å². The van der Waals surface area contributed by atoms with E-state index in [1.54, 1.807) is 24.3 Å². The maximum Gasteiger partial charge on any atom is 0.340 e. The number of ketones is 1. The van der Waals surface area contributed by atoms with Gasteiger partial charge in [0.1, 0.15) is 11.9 Å². The van der Waals surface area contributed by atoms with E-state index in [1.807, 2.05) is 6.07 Å². The molecular weight excluding hydrogens is 400 g/mol. The number of nitrogens with one attached hydrogen (secondary N) is 1. The maximum absolute atomic E-state index is 12.5. The number of hydrogen-bond acceptors (Lipinski definition) is 6. The van der Waals surface area contributed by atoms with Crippen molar-refractivity contribution in [3.8, 4) is 6.07 Å². The van der Waals surface area contributed by atoms with Crippen LogP contribution in [0.4, 0.5) is 5.69 Å². The predicted molar refractivity (Wildman–Crippen MR) is 108 cm³/mol. The molecular formula is C20H17ClN2O4S. The first-order chi connectivity index (χ1) is 13.3. The molecule has 1 atom stereocenters. The molecule has 1 amide bonds. The number of carbonyl (C=O) groups excluding carboxylic acids is 3. The molecule has 0 fully saturated rings. The number of nitriles is 1. The minimum absolute atomic E-state index is 0.0120. The number of amides is 1. The maximum atomic E-state index is 12.5. The van der Waals surface area contributed by atoms with Gasteiger partial charge in [0.2, 0.25) is 0 Å². The third kappa shape index (κ3) is 5.84. The van der Waals surface area contributed by atoms with E-state index in [1.165, 1.54) is 43.8 Å². The lowest BCUT2D eigenvalue weighted by Gasteiger charge is -2.15. The van der Waals surface area contributed by atoms with Crippen LogP contribution in [-0.4, -0.2) is 29.5 Å². The standard InChI is InChI=1S/C20H17ClN2O4S/c1-12(24)11-28-18-6-4-3-5-16(18)20(26)27-13(2)19(25)23-15-8-7-14(10-22)17(21)9-15/h3-9,13H,11H2,1-2H3,(H,23,25)/t13-/m0/s1. The molecule has 144 valence electrons. The Kier molecular flexibility index (Phi) is 7.61. The van der Waals surface area contributed by atoms with Gasteiger partial charge >= 0.3 is 5.97 Å². The molecule has 0 heterocycles. The SMILES string of the molecule is CC(=O)CSc1ccccc1C(=O)O[C@@H](C)C(=O)Nc1ccc(C#N)c(Cl)c1. The number of esters is 1. The number of carbonyl (C=O) groups is 3. The van der Waals surface area contributed by atoms with Crippen molar-refractivity contribution in [1.82, 2.24) is 0 Å². The fraction of sp³-hybridized carbons (Fsp3) is 0.200. The van der Waals surface area contributed by atoms with Gasteiger partial charge in [-0.05, 0) is 44.2 Å². The number of ether oxygens (including phenoxy) is 1. The van der Waals surface area contributed by atoms with Crippen molar-refractivity contribution < 1.29 is 19.1 Å². The van der Waals surface area contributed by atoms with Crippen molar-refractivity contribution in [3.63, 3.8) is 0 Å². The van der Waals surface area contributed by atoms with E-state index in [4.69, 9.17) is 21.6 Å². The van der Waals surface area contributed by atoms with Crippen LogP contribution in [0.5, 0.6) is 0 Å². The number of thioether (sulfide) groups is 1. The zero-order valence-corrected chi connectivity index (χ0v) is 16.8. The summed E-state index contributed by atoms with van der Waals surface area (Å²) in [5, 5.41) is 11.7. The molecule has 2 aromatic carbocycles. The second-order valence-electron chi connectivity index (χ2n) is 5.83. The molecule has 0 radical (unpaired) electrons. The van der Waals surface area contributed by atoms with E-state index in [0.29, 0.717) is 16.1 Å². The highest BCUT2D eigenvalue weighted by atomic mass is 35.5. The van der Waals surface area contributed by atoms with Crippen LogP contribution in [0.2, 0.25) is 5.02 Å². The van der Waals surface area contributed by atoms with Crippen LogP contribution in [0.1, 0.15) is 29.8 Å². The number of Topliss-reactive ketones (excluding diaryl/α,β-unsaturated/α-hetero) is 1. The molecule has 0 aromatic heterocycles. The summed E-state index contributed by atoms with van der Waals surface area (Å²) in [5.74, 6) is -0.975. The average Bonchev–Trinajstić information content (AvgIpc) is 2.66. The first kappa shape index (κ1) is 21.5. The lowest BCUT2D eigenvalue weighted by molar-refractivity contribution is -0.123. The first-order valence-corrected chi connectivity index (χ1v) is 9.61. The van der Waals surface area contributed by atoms with Crippen molar-refractivity contribution >= 4 is 46.7 Å². The summed E-state index contributed by atoms with van der Waals surface area (Å²) in [4.78, 5) is 36.5. The molecule has 28 heavy (non-hydrogen) atoms. The Balaban J connectivity index is 2.04. The van der Waals surface area contributed by atoms with Crippen molar-refractivity contribution in [2.24, 2.45) is 0 Å². The molecule has 2 aromatic rings. The van der Waals surface area contributed by atoms with E-state index in [2.05, 4.69) is 5.32 Å². The van der Waals surface area contributed by atoms with Crippen molar-refractivity contribution in [2.75, 3.05) is 11.1 Å². The zero-order valence-electron chi connectivity index (χ0n) is 15.2. The topological polar surface area (TPSA) is 96.3 Å². The normalized spacial score (nSPS) is 11.2. The van der Waals surface area contributed by atoms with Crippen LogP contribution < -0.4 is 5.32 Å². The van der Waals surface area contributed by atoms with E-state index < -0.39 is 18.0 Å². The second-order valence-corrected chi connectivity index (χ2v) is 7.25. The van der Waals surface area contributed by atoms with Gasteiger partial charge in [0.25, 0.3) is 5.91 Å². The Morgan fingerprint density at radius 2 is 1.96 bits per heavy atom. The molecule has 0 aliphatic rings. The number of hydrogen-bond donors (Lipinski definition) is 1. The van der Waals surface area contributed by atoms with Gasteiger partial charge in [-0.1, -0.05) is 23.7 Å². The van der Waals surface area contributed by atoms with Gasteiger partial charge in [-0.2, -0.15) is 5.26 Å². The number of benzene rings is 2. The van der Waals surface area contributed by atoms with E-state index in [0.717, 1.165) is 0 Å². The third-order valence-corrected chi connectivity index (χ3v) is 5.08. The number of anilines is 1. The molecule has 6 nitrogen and oxygen atoms in total. The van der Waals surface area contributed by atoms with Gasteiger partial charge in [-0.3, -0.25) is 9.59 Å². The molecule has 2 rings (SSSR count). The quantitative estimate of drug-likeness (QED) is 0.539. The van der Waals surface area contributed by atoms with Gasteiger partial charge in [-0.25, -0.2) is 4.79 Å². The van der Waals surface area contributed by atoms with Crippen LogP contribution >= 0.6 is 23.4 Å². The van der Waals surface area contributed by atoms with E-state index in [9.17, 15) is 14.4 Å². The fourth-order valence-corrected chi connectivity index (χ4v) is 3.21. The third-order valence-electron chi connectivity index (χ3n) is 3.55. The first-order valence-electron chi connectivity index (χ1n) is 8.24. The van der Waals surface area contributed by atoms with E-state index in [-0.39, 0.29) is 22.1 Å². The molecule has 0 bridgehead atoms. The van der Waals surface area contributed by atoms with Crippen molar-refractivity contribution in [2.45, 2.75) is 24.8 Å². The summed E-state index contributed by atoms with van der Waals surface area (Å²) in [6.45, 7) is 2.92. The van der Waals surface area contributed by atoms with Crippen molar-refractivity contribution in [3.05, 3.63) is 58.6 Å². The Morgan fingerprint density at radius 3 is 2.61 bits per heavy atom. The summed E-state index contributed by atoms with van der Waals surface area (Å²) in [7, 11) is 0. The fourth-order valence-electron chi connectivity index (χ4n) is 2.15. The summed E-state index contributed by atoms with van der Waals surface area (Å²) in [5.41, 5.74) is 0.961. The van der Waals surface area contributed by atoms with E-state index >= 15 is 0 Å². The molecule has 8 heteroatoms. The highest BCUT2D eigenvalue weighted by Gasteiger charge is 2.21. The molecule has 0 spiro atoms. The Labute approximate surface area is 171 Å². The van der Waals surface area contributed by atoms with Crippen LogP contribution in [0, 0.1) is 11.3 Å². The predicted octanol–water partition coefficient (Wildman–Crippen LogP) is 4.08. The summed E-state index contributed by atoms with van der Waals surface area (Å²) in [6.07, 6.45) is -1.06. The number of halogens is 1. The Bertz CT molecular complexity index is 955. The van der Waals surface area contributed by atoms with Crippen LogP contribution in [-0.2, 0) is 14.3 Å². The van der Waals surface area contributed by atoms with Gasteiger partial charge in [-0.15, -0.1) is 11.8 Å². The largest absolute Gasteiger partial charge is 0.449 e. The lowest BCUT2D eigenvalue weighted by atomic mass is 10.2. The molecule has 0 saturated heterocycles. The lowest BCUT2D eigenvalue weighted by Crippen LogP contribution is -2.30. The summed E-state index contributed by atoms with van der Waals surface area (Å²) >= 11 is 7.18. The number of nitrogens with zero attached hydrogens (tertiary/aromatic N) is 1. The van der Waals surface area contributed by atoms with Crippen LogP contribution in [0.3, 0.4) is 0 Å². The monoisotopic (exact) mass is 416 g/mol. The second kappa shape index (κ2) is 9.93. The van der Waals surface area contributed by atoms with Crippen LogP contribution in [0.15, 0.2) is 47.4 Å². The number of rotatable bonds is 7. The summed E-state index contributed by atoms with van der Waals surface area (Å²) < 4.78 is 5.26. The molecule has 0 aliphatic carbocycles. The molecule has 0 saturated carbocycles. The molecule has 1 N–H and O–H groups in total. The highest BCUT2D eigenvalue weighted by Crippen LogP contribution is 2.24. The van der Waals surface area contributed by atoms with Gasteiger partial charge in [0.15, 0.2) is 6.10 Å².